The van der Waals surface area contributed by atoms with Crippen molar-refractivity contribution in [2.24, 2.45) is 16.3 Å². The number of alkyl halides is 3. The SMILES string of the molecule is N/C(=N/O)C1(C(=O)Nc2cccc(C(F)(F)F)c2)CC1. The lowest BCUT2D eigenvalue weighted by Gasteiger charge is -2.14. The van der Waals surface area contributed by atoms with Gasteiger partial charge in [-0.25, -0.2) is 0 Å². The molecule has 0 atom stereocenters. The number of carbonyl (C=O) groups excluding carboxylic acids is 1. The number of nitrogens with one attached hydrogen (secondary N) is 1. The first kappa shape index (κ1) is 14.2. The molecule has 1 aromatic rings. The zero-order valence-corrected chi connectivity index (χ0v) is 10.2. The van der Waals surface area contributed by atoms with Gasteiger partial charge in [0, 0.05) is 5.69 Å². The number of amides is 1. The summed E-state index contributed by atoms with van der Waals surface area (Å²) in [6.45, 7) is 0. The lowest BCUT2D eigenvalue weighted by molar-refractivity contribution is -0.137. The summed E-state index contributed by atoms with van der Waals surface area (Å²) in [4.78, 5) is 12.0. The predicted molar refractivity (Wildman–Crippen MR) is 65.1 cm³/mol. The second kappa shape index (κ2) is 4.69. The summed E-state index contributed by atoms with van der Waals surface area (Å²) in [6.07, 6.45) is -3.69. The molecular weight excluding hydrogens is 275 g/mol. The van der Waals surface area contributed by atoms with Gasteiger partial charge in [0.05, 0.1) is 5.56 Å². The van der Waals surface area contributed by atoms with Crippen LogP contribution < -0.4 is 11.1 Å². The molecule has 0 aliphatic heterocycles. The number of rotatable bonds is 3. The Labute approximate surface area is 112 Å². The summed E-state index contributed by atoms with van der Waals surface area (Å²) in [6, 6.07) is 4.28. The van der Waals surface area contributed by atoms with E-state index in [9.17, 15) is 18.0 Å². The fourth-order valence-electron chi connectivity index (χ4n) is 1.84. The molecule has 8 heteroatoms. The highest BCUT2D eigenvalue weighted by molar-refractivity contribution is 6.14. The first-order valence-electron chi connectivity index (χ1n) is 5.76. The second-order valence-electron chi connectivity index (χ2n) is 4.60. The summed E-state index contributed by atoms with van der Waals surface area (Å²) in [5.74, 6) is -0.811. The average Bonchev–Trinajstić information content (AvgIpc) is 3.18. The molecule has 1 saturated carbocycles. The fraction of sp³-hybridized carbons (Fsp3) is 0.333. The van der Waals surface area contributed by atoms with Crippen molar-refractivity contribution in [2.75, 3.05) is 5.32 Å². The van der Waals surface area contributed by atoms with Crippen molar-refractivity contribution in [2.45, 2.75) is 19.0 Å². The third-order valence-electron chi connectivity index (χ3n) is 3.23. The standard InChI is InChI=1S/C12H12F3N3O2/c13-12(14,15)7-2-1-3-8(6-7)17-10(19)11(4-5-11)9(16)18-20/h1-3,6,20H,4-5H2,(H2,16,18)(H,17,19). The van der Waals surface area contributed by atoms with Gasteiger partial charge in [0.15, 0.2) is 5.84 Å². The molecule has 0 spiro atoms. The highest BCUT2D eigenvalue weighted by Crippen LogP contribution is 2.46. The van der Waals surface area contributed by atoms with Gasteiger partial charge in [0.2, 0.25) is 5.91 Å². The predicted octanol–water partition coefficient (Wildman–Crippen LogP) is 2.17. The van der Waals surface area contributed by atoms with Crippen molar-refractivity contribution < 1.29 is 23.2 Å². The molecule has 0 heterocycles. The van der Waals surface area contributed by atoms with Gasteiger partial charge in [0.1, 0.15) is 5.41 Å². The molecule has 1 aliphatic carbocycles. The summed E-state index contributed by atoms with van der Waals surface area (Å²) in [7, 11) is 0. The minimum atomic E-state index is -4.48. The van der Waals surface area contributed by atoms with E-state index < -0.39 is 23.1 Å². The van der Waals surface area contributed by atoms with Gasteiger partial charge in [-0.2, -0.15) is 13.2 Å². The largest absolute Gasteiger partial charge is 0.416 e. The average molecular weight is 287 g/mol. The summed E-state index contributed by atoms with van der Waals surface area (Å²) in [5.41, 5.74) is 3.48. The Morgan fingerprint density at radius 2 is 2.05 bits per heavy atom. The molecule has 2 rings (SSSR count). The maximum atomic E-state index is 12.5. The molecule has 5 nitrogen and oxygen atoms in total. The number of oxime groups is 1. The van der Waals surface area contributed by atoms with E-state index in [0.29, 0.717) is 12.8 Å². The molecule has 1 aliphatic rings. The van der Waals surface area contributed by atoms with Gasteiger partial charge in [-0.3, -0.25) is 4.79 Å². The number of carbonyl (C=O) groups is 1. The number of hydrogen-bond donors (Lipinski definition) is 3. The third-order valence-corrected chi connectivity index (χ3v) is 3.23. The maximum Gasteiger partial charge on any atom is 0.416 e. The normalized spacial score (nSPS) is 17.6. The van der Waals surface area contributed by atoms with E-state index in [1.807, 2.05) is 0 Å². The molecular formula is C12H12F3N3O2. The molecule has 0 radical (unpaired) electrons. The quantitative estimate of drug-likeness (QED) is 0.344. The lowest BCUT2D eigenvalue weighted by Crippen LogP contribution is -2.36. The van der Waals surface area contributed by atoms with Crippen LogP contribution >= 0.6 is 0 Å². The van der Waals surface area contributed by atoms with Crippen molar-refractivity contribution >= 4 is 17.4 Å². The van der Waals surface area contributed by atoms with E-state index in [1.165, 1.54) is 12.1 Å². The highest BCUT2D eigenvalue weighted by atomic mass is 19.4. The summed E-state index contributed by atoms with van der Waals surface area (Å²) in [5, 5.41) is 13.8. The minimum absolute atomic E-state index is 0.0156. The minimum Gasteiger partial charge on any atom is -0.409 e. The molecule has 0 bridgehead atoms. The van der Waals surface area contributed by atoms with Crippen LogP contribution in [0.25, 0.3) is 0 Å². The molecule has 0 saturated heterocycles. The number of anilines is 1. The number of nitrogens with zero attached hydrogens (tertiary/aromatic N) is 1. The van der Waals surface area contributed by atoms with Crippen molar-refractivity contribution in [1.29, 1.82) is 0 Å². The van der Waals surface area contributed by atoms with Crippen LogP contribution in [0.5, 0.6) is 0 Å². The monoisotopic (exact) mass is 287 g/mol. The fourth-order valence-corrected chi connectivity index (χ4v) is 1.84. The Morgan fingerprint density at radius 1 is 1.40 bits per heavy atom. The summed E-state index contributed by atoms with van der Waals surface area (Å²) < 4.78 is 37.6. The van der Waals surface area contributed by atoms with Crippen molar-refractivity contribution in [3.8, 4) is 0 Å². The van der Waals surface area contributed by atoms with E-state index in [1.54, 1.807) is 0 Å². The number of halogens is 3. The first-order valence-corrected chi connectivity index (χ1v) is 5.76. The molecule has 20 heavy (non-hydrogen) atoms. The number of benzene rings is 1. The van der Waals surface area contributed by atoms with E-state index >= 15 is 0 Å². The van der Waals surface area contributed by atoms with Crippen LogP contribution in [0.4, 0.5) is 18.9 Å². The number of hydrogen-bond acceptors (Lipinski definition) is 3. The van der Waals surface area contributed by atoms with E-state index in [-0.39, 0.29) is 11.5 Å². The van der Waals surface area contributed by atoms with Gasteiger partial charge in [-0.1, -0.05) is 11.2 Å². The van der Waals surface area contributed by atoms with Gasteiger partial charge in [-0.15, -0.1) is 0 Å². The van der Waals surface area contributed by atoms with Gasteiger partial charge in [0.25, 0.3) is 0 Å². The van der Waals surface area contributed by atoms with Crippen LogP contribution in [0.1, 0.15) is 18.4 Å². The maximum absolute atomic E-state index is 12.5. The van der Waals surface area contributed by atoms with Crippen molar-refractivity contribution in [3.05, 3.63) is 29.8 Å². The number of amidine groups is 1. The molecule has 0 unspecified atom stereocenters. The van der Waals surface area contributed by atoms with E-state index in [4.69, 9.17) is 10.9 Å². The zero-order chi connectivity index (χ0) is 15.0. The van der Waals surface area contributed by atoms with Gasteiger partial charge < -0.3 is 16.3 Å². The van der Waals surface area contributed by atoms with Gasteiger partial charge >= 0.3 is 6.18 Å². The smallest absolute Gasteiger partial charge is 0.409 e. The Balaban J connectivity index is 2.17. The molecule has 1 fully saturated rings. The molecule has 108 valence electrons. The van der Waals surface area contributed by atoms with E-state index in [2.05, 4.69) is 10.5 Å². The van der Waals surface area contributed by atoms with Crippen LogP contribution in [-0.4, -0.2) is 17.0 Å². The Bertz CT molecular complexity index is 565. The van der Waals surface area contributed by atoms with Crippen molar-refractivity contribution in [3.63, 3.8) is 0 Å². The van der Waals surface area contributed by atoms with Crippen LogP contribution in [0.15, 0.2) is 29.4 Å². The molecule has 1 amide bonds. The van der Waals surface area contributed by atoms with Crippen LogP contribution in [-0.2, 0) is 11.0 Å². The first-order chi connectivity index (χ1) is 9.29. The van der Waals surface area contributed by atoms with Gasteiger partial charge in [-0.05, 0) is 31.0 Å². The lowest BCUT2D eigenvalue weighted by atomic mass is 10.0. The van der Waals surface area contributed by atoms with E-state index in [0.717, 1.165) is 12.1 Å². The van der Waals surface area contributed by atoms with Crippen LogP contribution in [0, 0.1) is 5.41 Å². The zero-order valence-electron chi connectivity index (χ0n) is 10.2. The van der Waals surface area contributed by atoms with Crippen LogP contribution in [0.2, 0.25) is 0 Å². The summed E-state index contributed by atoms with van der Waals surface area (Å²) >= 11 is 0. The molecule has 0 aromatic heterocycles. The molecule has 1 aromatic carbocycles. The Hall–Kier alpha value is -2.25. The Kier molecular flexibility index (Phi) is 3.33. The number of nitrogens with two attached hydrogens (primary N) is 1. The highest BCUT2D eigenvalue weighted by Gasteiger charge is 2.54. The second-order valence-corrected chi connectivity index (χ2v) is 4.60. The Morgan fingerprint density at radius 3 is 2.55 bits per heavy atom. The van der Waals surface area contributed by atoms with Crippen LogP contribution in [0.3, 0.4) is 0 Å². The topological polar surface area (TPSA) is 87.7 Å². The third kappa shape index (κ3) is 2.54. The molecule has 4 N–H and O–H groups in total. The van der Waals surface area contributed by atoms with Crippen molar-refractivity contribution in [1.82, 2.24) is 0 Å².